The van der Waals surface area contributed by atoms with Gasteiger partial charge >= 0.3 is 0 Å². The van der Waals surface area contributed by atoms with Gasteiger partial charge in [-0.25, -0.2) is 9.97 Å². The van der Waals surface area contributed by atoms with E-state index in [9.17, 15) is 0 Å². The van der Waals surface area contributed by atoms with Gasteiger partial charge in [0.05, 0.1) is 16.9 Å². The molecule has 0 unspecified atom stereocenters. The van der Waals surface area contributed by atoms with E-state index < -0.39 is 4.84 Å². The number of nitrogens with zero attached hydrogens (tertiary/aromatic N) is 2. The summed E-state index contributed by atoms with van der Waals surface area (Å²) in [5.74, 6) is 0.571. The second kappa shape index (κ2) is 5.51. The van der Waals surface area contributed by atoms with Crippen LogP contribution in [0.2, 0.25) is 0 Å². The van der Waals surface area contributed by atoms with Gasteiger partial charge in [0, 0.05) is 10.9 Å². The number of benzene rings is 2. The van der Waals surface area contributed by atoms with Crippen LogP contribution in [0, 0.1) is 6.92 Å². The maximum Gasteiger partial charge on any atom is 0.160 e. The van der Waals surface area contributed by atoms with Gasteiger partial charge in [-0.3, -0.25) is 0 Å². The van der Waals surface area contributed by atoms with Crippen molar-refractivity contribution in [3.05, 3.63) is 53.7 Å². The quantitative estimate of drug-likeness (QED) is 0.552. The van der Waals surface area contributed by atoms with Crippen LogP contribution < -0.4 is 5.73 Å². The number of rotatable bonds is 2. The largest absolute Gasteiger partial charge is 0.397 e. The summed E-state index contributed by atoms with van der Waals surface area (Å²) in [5.41, 5.74) is 9.92. The Bertz CT molecular complexity index is 798. The van der Waals surface area contributed by atoms with Crippen molar-refractivity contribution < 1.29 is 0 Å². The number of alkyl halides is 2. The predicted molar refractivity (Wildman–Crippen MR) is 88.6 cm³/mol. The first kappa shape index (κ1) is 14.1. The Morgan fingerprint density at radius 3 is 2.38 bits per heavy atom. The lowest BCUT2D eigenvalue weighted by Crippen LogP contribution is -2.00. The van der Waals surface area contributed by atoms with E-state index in [4.69, 9.17) is 28.9 Å². The van der Waals surface area contributed by atoms with Crippen LogP contribution in [0.5, 0.6) is 0 Å². The molecule has 106 valence electrons. The molecule has 0 amide bonds. The lowest BCUT2D eigenvalue weighted by atomic mass is 10.1. The third-order valence-corrected chi connectivity index (χ3v) is 3.72. The highest BCUT2D eigenvalue weighted by Crippen LogP contribution is 2.33. The fraction of sp³-hybridized carbons (Fsp3) is 0.125. The Hall–Kier alpha value is -1.84. The van der Waals surface area contributed by atoms with Crippen molar-refractivity contribution in [3.8, 4) is 11.4 Å². The Morgan fingerprint density at radius 1 is 1.00 bits per heavy atom. The Kier molecular flexibility index (Phi) is 3.70. The molecule has 21 heavy (non-hydrogen) atoms. The SMILES string of the molecule is Cc1ccc(-c2nc(C(Cl)Cl)c3cccc(N)c3n2)cc1. The van der Waals surface area contributed by atoms with Crippen molar-refractivity contribution in [2.24, 2.45) is 0 Å². The summed E-state index contributed by atoms with van der Waals surface area (Å²) in [6.45, 7) is 2.03. The number of halogens is 2. The van der Waals surface area contributed by atoms with Gasteiger partial charge in [0.25, 0.3) is 0 Å². The molecular formula is C16H13Cl2N3. The molecule has 0 saturated carbocycles. The van der Waals surface area contributed by atoms with Gasteiger partial charge in [-0.15, -0.1) is 0 Å². The van der Waals surface area contributed by atoms with Crippen LogP contribution in [-0.4, -0.2) is 9.97 Å². The standard InChI is InChI=1S/C16H13Cl2N3/c1-9-5-7-10(8-6-9)16-20-13-11(3-2-4-12(13)19)14(21-16)15(17)18/h2-8,15H,19H2,1H3. The number of anilines is 1. The summed E-state index contributed by atoms with van der Waals surface area (Å²) >= 11 is 12.1. The molecule has 0 radical (unpaired) electrons. The molecule has 0 aliphatic heterocycles. The molecule has 0 atom stereocenters. The Morgan fingerprint density at radius 2 is 1.71 bits per heavy atom. The number of hydrogen-bond donors (Lipinski definition) is 1. The fourth-order valence-electron chi connectivity index (χ4n) is 2.20. The van der Waals surface area contributed by atoms with Crippen LogP contribution in [0.25, 0.3) is 22.3 Å². The third kappa shape index (κ3) is 2.67. The minimum absolute atomic E-state index is 0.571. The average molecular weight is 318 g/mol. The van der Waals surface area contributed by atoms with Crippen LogP contribution in [0.3, 0.4) is 0 Å². The molecular weight excluding hydrogens is 305 g/mol. The number of hydrogen-bond acceptors (Lipinski definition) is 3. The average Bonchev–Trinajstić information content (AvgIpc) is 2.47. The van der Waals surface area contributed by atoms with Gasteiger partial charge in [0.1, 0.15) is 4.84 Å². The molecule has 3 rings (SSSR count). The minimum atomic E-state index is -0.735. The summed E-state index contributed by atoms with van der Waals surface area (Å²) in [7, 11) is 0. The second-order valence-corrected chi connectivity index (χ2v) is 5.94. The van der Waals surface area contributed by atoms with Crippen LogP contribution in [-0.2, 0) is 0 Å². The zero-order chi connectivity index (χ0) is 15.0. The molecule has 0 fully saturated rings. The molecule has 0 saturated heterocycles. The van der Waals surface area contributed by atoms with E-state index in [0.29, 0.717) is 22.7 Å². The topological polar surface area (TPSA) is 51.8 Å². The molecule has 1 aromatic heterocycles. The number of fused-ring (bicyclic) bond motifs is 1. The number of aromatic nitrogens is 2. The number of aryl methyl sites for hydroxylation is 1. The lowest BCUT2D eigenvalue weighted by Gasteiger charge is -2.11. The van der Waals surface area contributed by atoms with E-state index in [1.54, 1.807) is 6.07 Å². The van der Waals surface area contributed by atoms with Crippen molar-refractivity contribution >= 4 is 39.8 Å². The van der Waals surface area contributed by atoms with Crippen molar-refractivity contribution in [3.63, 3.8) is 0 Å². The van der Waals surface area contributed by atoms with E-state index in [0.717, 1.165) is 10.9 Å². The van der Waals surface area contributed by atoms with Crippen molar-refractivity contribution in [2.45, 2.75) is 11.8 Å². The highest BCUT2D eigenvalue weighted by molar-refractivity contribution is 6.44. The third-order valence-electron chi connectivity index (χ3n) is 3.30. The highest BCUT2D eigenvalue weighted by Gasteiger charge is 2.15. The van der Waals surface area contributed by atoms with Crippen molar-refractivity contribution in [1.82, 2.24) is 9.97 Å². The maximum absolute atomic E-state index is 6.05. The summed E-state index contributed by atoms with van der Waals surface area (Å²) in [6.07, 6.45) is 0. The van der Waals surface area contributed by atoms with E-state index in [-0.39, 0.29) is 0 Å². The number of nitrogens with two attached hydrogens (primary N) is 1. The number of para-hydroxylation sites is 1. The summed E-state index contributed by atoms with van der Waals surface area (Å²) in [6, 6.07) is 13.5. The smallest absolute Gasteiger partial charge is 0.160 e. The summed E-state index contributed by atoms with van der Waals surface area (Å²) < 4.78 is 0. The van der Waals surface area contributed by atoms with E-state index >= 15 is 0 Å². The maximum atomic E-state index is 6.05. The molecule has 3 nitrogen and oxygen atoms in total. The van der Waals surface area contributed by atoms with Gasteiger partial charge in [-0.1, -0.05) is 65.2 Å². The highest BCUT2D eigenvalue weighted by atomic mass is 35.5. The first-order chi connectivity index (χ1) is 10.1. The van der Waals surface area contributed by atoms with Crippen molar-refractivity contribution in [2.75, 3.05) is 5.73 Å². The van der Waals surface area contributed by atoms with Crippen LogP contribution >= 0.6 is 23.2 Å². The van der Waals surface area contributed by atoms with Crippen LogP contribution in [0.15, 0.2) is 42.5 Å². The summed E-state index contributed by atoms with van der Waals surface area (Å²) in [5, 5.41) is 0.779. The van der Waals surface area contributed by atoms with E-state index in [2.05, 4.69) is 9.97 Å². The molecule has 0 aliphatic carbocycles. The minimum Gasteiger partial charge on any atom is -0.397 e. The second-order valence-electron chi connectivity index (χ2n) is 4.84. The van der Waals surface area contributed by atoms with Crippen LogP contribution in [0.1, 0.15) is 16.1 Å². The molecule has 2 aromatic carbocycles. The zero-order valence-electron chi connectivity index (χ0n) is 11.3. The lowest BCUT2D eigenvalue weighted by molar-refractivity contribution is 1.12. The first-order valence-corrected chi connectivity index (χ1v) is 7.35. The monoisotopic (exact) mass is 317 g/mol. The zero-order valence-corrected chi connectivity index (χ0v) is 12.9. The summed E-state index contributed by atoms with van der Waals surface area (Å²) in [4.78, 5) is 8.34. The molecule has 0 aliphatic rings. The molecule has 0 bridgehead atoms. The Balaban J connectivity index is 2.29. The molecule has 1 heterocycles. The van der Waals surface area contributed by atoms with Gasteiger partial charge < -0.3 is 5.73 Å². The van der Waals surface area contributed by atoms with E-state index in [1.165, 1.54) is 5.56 Å². The van der Waals surface area contributed by atoms with Gasteiger partial charge in [0.2, 0.25) is 0 Å². The van der Waals surface area contributed by atoms with Gasteiger partial charge in [-0.05, 0) is 13.0 Å². The molecule has 5 heteroatoms. The Labute approximate surface area is 132 Å². The number of nitrogen functional groups attached to an aromatic ring is 1. The predicted octanol–water partition coefficient (Wildman–Crippen LogP) is 4.66. The molecule has 3 aromatic rings. The van der Waals surface area contributed by atoms with E-state index in [1.807, 2.05) is 43.3 Å². The van der Waals surface area contributed by atoms with Crippen LogP contribution in [0.4, 0.5) is 5.69 Å². The molecule has 0 spiro atoms. The van der Waals surface area contributed by atoms with Gasteiger partial charge in [-0.2, -0.15) is 0 Å². The fourth-order valence-corrected chi connectivity index (χ4v) is 2.53. The first-order valence-electron chi connectivity index (χ1n) is 6.47. The van der Waals surface area contributed by atoms with Gasteiger partial charge in [0.15, 0.2) is 5.82 Å². The molecule has 2 N–H and O–H groups in total. The van der Waals surface area contributed by atoms with Crippen molar-refractivity contribution in [1.29, 1.82) is 0 Å². The normalized spacial score (nSPS) is 11.2.